The Morgan fingerprint density at radius 1 is 1.03 bits per heavy atom. The Labute approximate surface area is 166 Å². The fourth-order valence-corrected chi connectivity index (χ4v) is 3.78. The lowest BCUT2D eigenvalue weighted by Gasteiger charge is -2.32. The molecule has 3 heterocycles. The van der Waals surface area contributed by atoms with Gasteiger partial charge in [-0.25, -0.2) is 4.98 Å². The third kappa shape index (κ3) is 3.37. The van der Waals surface area contributed by atoms with Crippen LogP contribution in [0.2, 0.25) is 0 Å². The summed E-state index contributed by atoms with van der Waals surface area (Å²) in [4.78, 5) is 34.4. The molecule has 148 valence electrons. The monoisotopic (exact) mass is 392 g/mol. The number of aromatic amines is 1. The first-order valence-corrected chi connectivity index (χ1v) is 9.60. The van der Waals surface area contributed by atoms with Crippen molar-refractivity contribution in [1.82, 2.24) is 20.2 Å². The number of imidazole rings is 1. The average Bonchev–Trinajstić information content (AvgIpc) is 3.41. The van der Waals surface area contributed by atoms with Gasteiger partial charge in [0.1, 0.15) is 0 Å². The highest BCUT2D eigenvalue weighted by Gasteiger charge is 2.26. The summed E-state index contributed by atoms with van der Waals surface area (Å²) in [7, 11) is 0. The van der Waals surface area contributed by atoms with Crippen LogP contribution in [-0.4, -0.2) is 52.6 Å². The van der Waals surface area contributed by atoms with Crippen LogP contribution in [0.1, 0.15) is 33.6 Å². The molecule has 0 aliphatic carbocycles. The zero-order valence-electron chi connectivity index (χ0n) is 15.7. The Kier molecular flexibility index (Phi) is 4.31. The SMILES string of the molecule is O=C(NC1CCN(C(=O)c2ccc3c(c2)OCO3)CC1)c1ccc2nc[nH]c2c1. The van der Waals surface area contributed by atoms with E-state index in [0.717, 1.165) is 11.0 Å². The van der Waals surface area contributed by atoms with Crippen molar-refractivity contribution >= 4 is 22.8 Å². The molecule has 0 bridgehead atoms. The summed E-state index contributed by atoms with van der Waals surface area (Å²) in [6, 6.07) is 10.7. The predicted molar refractivity (Wildman–Crippen MR) is 105 cm³/mol. The molecular weight excluding hydrogens is 372 g/mol. The van der Waals surface area contributed by atoms with E-state index in [2.05, 4.69) is 15.3 Å². The largest absolute Gasteiger partial charge is 0.454 e. The number of aromatic nitrogens is 2. The summed E-state index contributed by atoms with van der Waals surface area (Å²) in [6.07, 6.45) is 3.04. The van der Waals surface area contributed by atoms with Crippen LogP contribution in [0, 0.1) is 0 Å². The molecule has 0 saturated carbocycles. The quantitative estimate of drug-likeness (QED) is 0.713. The second-order valence-electron chi connectivity index (χ2n) is 7.24. The van der Waals surface area contributed by atoms with E-state index in [1.54, 1.807) is 36.7 Å². The molecule has 8 nitrogen and oxygen atoms in total. The second kappa shape index (κ2) is 7.12. The second-order valence-corrected chi connectivity index (χ2v) is 7.24. The normalized spacial score (nSPS) is 16.2. The number of hydrogen-bond acceptors (Lipinski definition) is 5. The molecule has 3 aromatic rings. The van der Waals surface area contributed by atoms with E-state index in [9.17, 15) is 9.59 Å². The number of likely N-dealkylation sites (tertiary alicyclic amines) is 1. The molecule has 0 atom stereocenters. The number of amides is 2. The maximum Gasteiger partial charge on any atom is 0.253 e. The van der Waals surface area contributed by atoms with Crippen molar-refractivity contribution in [3.8, 4) is 11.5 Å². The highest BCUT2D eigenvalue weighted by Crippen LogP contribution is 2.33. The van der Waals surface area contributed by atoms with Gasteiger partial charge in [0.05, 0.1) is 17.4 Å². The Bertz CT molecular complexity index is 1090. The minimum Gasteiger partial charge on any atom is -0.454 e. The number of carbonyl (C=O) groups excluding carboxylic acids is 2. The Morgan fingerprint density at radius 2 is 1.83 bits per heavy atom. The minimum absolute atomic E-state index is 0.0298. The van der Waals surface area contributed by atoms with E-state index in [1.807, 2.05) is 11.0 Å². The number of carbonyl (C=O) groups is 2. The summed E-state index contributed by atoms with van der Waals surface area (Å²) in [5.41, 5.74) is 2.85. The van der Waals surface area contributed by atoms with Crippen LogP contribution in [0.15, 0.2) is 42.7 Å². The van der Waals surface area contributed by atoms with Gasteiger partial charge in [-0.1, -0.05) is 0 Å². The molecule has 2 aliphatic rings. The Balaban J connectivity index is 1.19. The standard InChI is InChI=1S/C21H20N4O4/c26-20(13-1-3-16-17(9-13)23-11-22-16)24-15-5-7-25(8-6-15)21(27)14-2-4-18-19(10-14)29-12-28-18/h1-4,9-11,15H,5-8,12H2,(H,22,23)(H,24,26). The maximum atomic E-state index is 12.8. The number of H-pyrrole nitrogens is 1. The molecule has 5 rings (SSSR count). The molecule has 2 aromatic carbocycles. The van der Waals surface area contributed by atoms with Crippen LogP contribution >= 0.6 is 0 Å². The van der Waals surface area contributed by atoms with Gasteiger partial charge in [-0.3, -0.25) is 9.59 Å². The van der Waals surface area contributed by atoms with E-state index in [0.29, 0.717) is 48.6 Å². The molecule has 2 aliphatic heterocycles. The van der Waals surface area contributed by atoms with E-state index in [1.165, 1.54) is 0 Å². The zero-order valence-corrected chi connectivity index (χ0v) is 15.7. The van der Waals surface area contributed by atoms with Gasteiger partial charge in [0.2, 0.25) is 6.79 Å². The number of rotatable bonds is 3. The van der Waals surface area contributed by atoms with Gasteiger partial charge in [-0.05, 0) is 49.2 Å². The molecule has 2 amide bonds. The summed E-state index contributed by atoms with van der Waals surface area (Å²) >= 11 is 0. The third-order valence-electron chi connectivity index (χ3n) is 5.42. The minimum atomic E-state index is -0.109. The van der Waals surface area contributed by atoms with Crippen molar-refractivity contribution < 1.29 is 19.1 Å². The van der Waals surface area contributed by atoms with Crippen LogP contribution < -0.4 is 14.8 Å². The molecule has 1 aromatic heterocycles. The van der Waals surface area contributed by atoms with Gasteiger partial charge in [0, 0.05) is 30.3 Å². The number of piperidine rings is 1. The highest BCUT2D eigenvalue weighted by molar-refractivity contribution is 5.97. The van der Waals surface area contributed by atoms with Gasteiger partial charge in [-0.2, -0.15) is 0 Å². The highest BCUT2D eigenvalue weighted by atomic mass is 16.7. The maximum absolute atomic E-state index is 12.8. The predicted octanol–water partition coefficient (Wildman–Crippen LogP) is 2.33. The summed E-state index contributed by atoms with van der Waals surface area (Å²) in [6.45, 7) is 1.38. The summed E-state index contributed by atoms with van der Waals surface area (Å²) in [5, 5.41) is 3.08. The van der Waals surface area contributed by atoms with Gasteiger partial charge in [-0.15, -0.1) is 0 Å². The number of fused-ring (bicyclic) bond motifs is 2. The van der Waals surface area contributed by atoms with Crippen molar-refractivity contribution in [3.05, 3.63) is 53.9 Å². The first kappa shape index (κ1) is 17.5. The fraction of sp³-hybridized carbons (Fsp3) is 0.286. The van der Waals surface area contributed by atoms with Crippen molar-refractivity contribution in [2.24, 2.45) is 0 Å². The molecular formula is C21H20N4O4. The molecule has 0 radical (unpaired) electrons. The molecule has 2 N–H and O–H groups in total. The smallest absolute Gasteiger partial charge is 0.253 e. The van der Waals surface area contributed by atoms with Crippen molar-refractivity contribution in [2.75, 3.05) is 19.9 Å². The fourth-order valence-electron chi connectivity index (χ4n) is 3.78. The number of nitrogens with one attached hydrogen (secondary N) is 2. The first-order chi connectivity index (χ1) is 14.2. The van der Waals surface area contributed by atoms with E-state index in [4.69, 9.17) is 9.47 Å². The lowest BCUT2D eigenvalue weighted by Crippen LogP contribution is -2.46. The van der Waals surface area contributed by atoms with Crippen LogP contribution in [-0.2, 0) is 0 Å². The lowest BCUT2D eigenvalue weighted by atomic mass is 10.0. The van der Waals surface area contributed by atoms with Crippen molar-refractivity contribution in [3.63, 3.8) is 0 Å². The molecule has 8 heteroatoms. The molecule has 29 heavy (non-hydrogen) atoms. The molecule has 1 fully saturated rings. The molecule has 1 saturated heterocycles. The summed E-state index contributed by atoms with van der Waals surface area (Å²) < 4.78 is 10.6. The van der Waals surface area contributed by atoms with Crippen LogP contribution in [0.3, 0.4) is 0 Å². The van der Waals surface area contributed by atoms with E-state index in [-0.39, 0.29) is 24.6 Å². The van der Waals surface area contributed by atoms with Crippen LogP contribution in [0.4, 0.5) is 0 Å². The van der Waals surface area contributed by atoms with E-state index >= 15 is 0 Å². The van der Waals surface area contributed by atoms with Crippen molar-refractivity contribution in [1.29, 1.82) is 0 Å². The van der Waals surface area contributed by atoms with Gasteiger partial charge in [0.15, 0.2) is 11.5 Å². The van der Waals surface area contributed by atoms with E-state index < -0.39 is 0 Å². The molecule has 0 unspecified atom stereocenters. The van der Waals surface area contributed by atoms with Crippen LogP contribution in [0.5, 0.6) is 11.5 Å². The topological polar surface area (TPSA) is 96.6 Å². The van der Waals surface area contributed by atoms with Gasteiger partial charge in [0.25, 0.3) is 11.8 Å². The van der Waals surface area contributed by atoms with Crippen LogP contribution in [0.25, 0.3) is 11.0 Å². The number of hydrogen-bond donors (Lipinski definition) is 2. The first-order valence-electron chi connectivity index (χ1n) is 9.60. The Morgan fingerprint density at radius 3 is 2.69 bits per heavy atom. The summed E-state index contributed by atoms with van der Waals surface area (Å²) in [5.74, 6) is 1.13. The Hall–Kier alpha value is -3.55. The molecule has 0 spiro atoms. The lowest BCUT2D eigenvalue weighted by molar-refractivity contribution is 0.0697. The van der Waals surface area contributed by atoms with Gasteiger partial charge < -0.3 is 24.7 Å². The number of benzene rings is 2. The number of ether oxygens (including phenoxy) is 2. The third-order valence-corrected chi connectivity index (χ3v) is 5.42. The van der Waals surface area contributed by atoms with Gasteiger partial charge >= 0.3 is 0 Å². The van der Waals surface area contributed by atoms with Crippen molar-refractivity contribution in [2.45, 2.75) is 18.9 Å². The average molecular weight is 392 g/mol. The zero-order chi connectivity index (χ0) is 19.8. The number of nitrogens with zero attached hydrogens (tertiary/aromatic N) is 2.